The Morgan fingerprint density at radius 3 is 2.44 bits per heavy atom. The van der Waals surface area contributed by atoms with E-state index in [1.165, 1.54) is 12.1 Å². The lowest BCUT2D eigenvalue weighted by Crippen LogP contribution is -2.17. The summed E-state index contributed by atoms with van der Waals surface area (Å²) in [5, 5.41) is 19.3. The van der Waals surface area contributed by atoms with Crippen LogP contribution in [0, 0.1) is 17.4 Å². The molecule has 0 saturated heterocycles. The van der Waals surface area contributed by atoms with Gasteiger partial charge in [-0.15, -0.1) is 0 Å². The maximum atomic E-state index is 13.6. The number of halogens is 1. The average Bonchev–Trinajstić information content (AvgIpc) is 2.71. The third-order valence-corrected chi connectivity index (χ3v) is 6.20. The molecule has 0 spiro atoms. The number of para-hydroxylation sites is 1. The Balaban J connectivity index is 2.22. The Hall–Kier alpha value is -3.04. The van der Waals surface area contributed by atoms with Gasteiger partial charge in [-0.2, -0.15) is 0 Å². The van der Waals surface area contributed by atoms with Crippen LogP contribution in [0.4, 0.5) is 4.39 Å². The van der Waals surface area contributed by atoms with Gasteiger partial charge in [0.05, 0.1) is 35.5 Å². The minimum atomic E-state index is -4.16. The molecule has 2 aromatic carbocycles. The standard InChI is InChI=1S/C24H23FNO5P/c1-15(2)24-20(11-12-32(30,31)14-18(27)13-22(28)29)23(16-7-9-17(25)10-8-16)19-5-3-4-6-21(19)26-24/h3-10,15,18,27H,13-14H2,1-2H3,(H,28,29)(H,30,31). The van der Waals surface area contributed by atoms with E-state index < -0.39 is 37.8 Å². The Bertz CT molecular complexity index is 1260. The zero-order valence-electron chi connectivity index (χ0n) is 17.6. The number of carbonyl (C=O) groups is 1. The van der Waals surface area contributed by atoms with E-state index in [1.54, 1.807) is 12.1 Å². The Labute approximate surface area is 185 Å². The van der Waals surface area contributed by atoms with Crippen LogP contribution in [0.5, 0.6) is 0 Å². The molecule has 0 bridgehead atoms. The highest BCUT2D eigenvalue weighted by atomic mass is 31.2. The minimum Gasteiger partial charge on any atom is -0.481 e. The van der Waals surface area contributed by atoms with Crippen molar-refractivity contribution in [3.05, 3.63) is 65.6 Å². The molecule has 8 heteroatoms. The number of carboxylic acids is 1. The topological polar surface area (TPSA) is 108 Å². The molecule has 2 unspecified atom stereocenters. The molecule has 1 heterocycles. The van der Waals surface area contributed by atoms with E-state index in [2.05, 4.69) is 11.6 Å². The van der Waals surface area contributed by atoms with E-state index in [1.807, 2.05) is 38.1 Å². The molecule has 3 N–H and O–H groups in total. The number of aliphatic carboxylic acids is 1. The number of rotatable bonds is 6. The molecule has 2 atom stereocenters. The summed E-state index contributed by atoms with van der Waals surface area (Å²) >= 11 is 0. The van der Waals surface area contributed by atoms with Gasteiger partial charge in [0.1, 0.15) is 5.82 Å². The number of pyridine rings is 1. The van der Waals surface area contributed by atoms with Gasteiger partial charge in [-0.25, -0.2) is 4.39 Å². The molecular weight excluding hydrogens is 432 g/mol. The maximum absolute atomic E-state index is 13.6. The lowest BCUT2D eigenvalue weighted by Gasteiger charge is -2.16. The number of hydrogen-bond acceptors (Lipinski definition) is 4. The van der Waals surface area contributed by atoms with Crippen LogP contribution >= 0.6 is 7.37 Å². The van der Waals surface area contributed by atoms with Gasteiger partial charge in [-0.05, 0) is 35.3 Å². The third-order valence-electron chi connectivity index (χ3n) is 4.82. The Morgan fingerprint density at radius 1 is 1.16 bits per heavy atom. The van der Waals surface area contributed by atoms with Gasteiger partial charge in [0, 0.05) is 10.9 Å². The summed E-state index contributed by atoms with van der Waals surface area (Å²) in [5.41, 5.74) is 5.46. The molecular formula is C24H23FNO5P. The van der Waals surface area contributed by atoms with E-state index in [0.29, 0.717) is 27.9 Å². The Kier molecular flexibility index (Phi) is 7.10. The van der Waals surface area contributed by atoms with Crippen LogP contribution in [0.25, 0.3) is 22.0 Å². The number of fused-ring (bicyclic) bond motifs is 1. The van der Waals surface area contributed by atoms with Crippen molar-refractivity contribution >= 4 is 24.2 Å². The number of aromatic nitrogens is 1. The fourth-order valence-corrected chi connectivity index (χ4v) is 4.51. The fourth-order valence-electron chi connectivity index (χ4n) is 3.43. The van der Waals surface area contributed by atoms with E-state index in [4.69, 9.17) is 10.1 Å². The van der Waals surface area contributed by atoms with Crippen molar-refractivity contribution in [2.45, 2.75) is 32.3 Å². The van der Waals surface area contributed by atoms with E-state index in [0.717, 1.165) is 5.39 Å². The smallest absolute Gasteiger partial charge is 0.305 e. The van der Waals surface area contributed by atoms with Crippen LogP contribution in [-0.2, 0) is 9.36 Å². The van der Waals surface area contributed by atoms with Gasteiger partial charge in [0.2, 0.25) is 0 Å². The van der Waals surface area contributed by atoms with Gasteiger partial charge in [0.15, 0.2) is 0 Å². The van der Waals surface area contributed by atoms with Crippen molar-refractivity contribution in [2.24, 2.45) is 0 Å². The molecule has 3 aromatic rings. The zero-order valence-corrected chi connectivity index (χ0v) is 18.5. The predicted molar refractivity (Wildman–Crippen MR) is 121 cm³/mol. The van der Waals surface area contributed by atoms with Gasteiger partial charge >= 0.3 is 5.97 Å². The molecule has 3 rings (SSSR count). The lowest BCUT2D eigenvalue weighted by molar-refractivity contribution is -0.138. The number of aliphatic hydroxyl groups is 1. The third kappa shape index (κ3) is 5.60. The summed E-state index contributed by atoms with van der Waals surface area (Å²) in [6.07, 6.45) is -2.80. The van der Waals surface area contributed by atoms with E-state index in [9.17, 15) is 23.7 Å². The van der Waals surface area contributed by atoms with Crippen LogP contribution < -0.4 is 0 Å². The summed E-state index contributed by atoms with van der Waals surface area (Å²) in [5.74, 6) is 1.05. The fraction of sp³-hybridized carbons (Fsp3) is 0.250. The highest BCUT2D eigenvalue weighted by molar-refractivity contribution is 7.63. The molecule has 6 nitrogen and oxygen atoms in total. The highest BCUT2D eigenvalue weighted by Crippen LogP contribution is 2.41. The SMILES string of the molecule is CC(C)c1nc2ccccc2c(-c2ccc(F)cc2)c1C#CP(=O)(O)CC(O)CC(=O)O. The molecule has 32 heavy (non-hydrogen) atoms. The van der Waals surface area contributed by atoms with Crippen molar-refractivity contribution in [3.8, 4) is 22.7 Å². The van der Waals surface area contributed by atoms with Crippen LogP contribution in [0.15, 0.2) is 48.5 Å². The van der Waals surface area contributed by atoms with Gasteiger partial charge in [-0.3, -0.25) is 14.3 Å². The first-order chi connectivity index (χ1) is 15.1. The average molecular weight is 455 g/mol. The monoisotopic (exact) mass is 455 g/mol. The summed E-state index contributed by atoms with van der Waals surface area (Å²) < 4.78 is 26.1. The molecule has 0 radical (unpaired) electrons. The summed E-state index contributed by atoms with van der Waals surface area (Å²) in [7, 11) is -4.16. The normalized spacial score (nSPS) is 13.9. The first-order valence-electron chi connectivity index (χ1n) is 10.0. The molecule has 0 aliphatic carbocycles. The number of hydrogen-bond donors (Lipinski definition) is 3. The second-order valence-electron chi connectivity index (χ2n) is 7.80. The molecule has 1 aromatic heterocycles. The predicted octanol–water partition coefficient (Wildman–Crippen LogP) is 4.58. The highest BCUT2D eigenvalue weighted by Gasteiger charge is 2.23. The number of aliphatic hydroxyl groups excluding tert-OH is 1. The zero-order chi connectivity index (χ0) is 23.5. The van der Waals surface area contributed by atoms with Gasteiger partial charge < -0.3 is 15.1 Å². The van der Waals surface area contributed by atoms with Crippen LogP contribution in [0.3, 0.4) is 0 Å². The van der Waals surface area contributed by atoms with Crippen molar-refractivity contribution < 1.29 is 28.9 Å². The molecule has 166 valence electrons. The van der Waals surface area contributed by atoms with E-state index >= 15 is 0 Å². The second-order valence-corrected chi connectivity index (χ2v) is 9.79. The first kappa shape index (κ1) is 23.6. The summed E-state index contributed by atoms with van der Waals surface area (Å²) in [4.78, 5) is 25.7. The van der Waals surface area contributed by atoms with Crippen LogP contribution in [0.1, 0.15) is 37.4 Å². The quantitative estimate of drug-likeness (QED) is 0.371. The van der Waals surface area contributed by atoms with Crippen LogP contribution in [-0.4, -0.2) is 38.3 Å². The van der Waals surface area contributed by atoms with Crippen LogP contribution in [0.2, 0.25) is 0 Å². The van der Waals surface area contributed by atoms with Gasteiger partial charge in [0.25, 0.3) is 7.37 Å². The summed E-state index contributed by atoms with van der Waals surface area (Å²) in [6.45, 7) is 3.84. The Morgan fingerprint density at radius 2 is 1.81 bits per heavy atom. The van der Waals surface area contributed by atoms with Crippen molar-refractivity contribution in [2.75, 3.05) is 6.16 Å². The first-order valence-corrected chi connectivity index (χ1v) is 11.9. The largest absolute Gasteiger partial charge is 0.481 e. The second kappa shape index (κ2) is 9.62. The lowest BCUT2D eigenvalue weighted by atomic mass is 9.91. The number of nitrogens with zero attached hydrogens (tertiary/aromatic N) is 1. The minimum absolute atomic E-state index is 0.0706. The molecule has 0 saturated carbocycles. The molecule has 0 aliphatic rings. The van der Waals surface area contributed by atoms with Gasteiger partial charge in [-0.1, -0.05) is 50.1 Å². The maximum Gasteiger partial charge on any atom is 0.305 e. The van der Waals surface area contributed by atoms with E-state index in [-0.39, 0.29) is 5.92 Å². The number of carboxylic acid groups (broad SMARTS) is 1. The number of benzene rings is 2. The van der Waals surface area contributed by atoms with Crippen molar-refractivity contribution in [3.63, 3.8) is 0 Å². The molecule has 0 aliphatic heterocycles. The molecule has 0 amide bonds. The summed E-state index contributed by atoms with van der Waals surface area (Å²) in [6, 6.07) is 13.3. The van der Waals surface area contributed by atoms with Crippen molar-refractivity contribution in [1.82, 2.24) is 4.98 Å². The van der Waals surface area contributed by atoms with Crippen molar-refractivity contribution in [1.29, 1.82) is 0 Å². The molecule has 0 fully saturated rings.